The first-order valence-electron chi connectivity index (χ1n) is 5.40. The molecule has 7 heteroatoms. The predicted molar refractivity (Wildman–Crippen MR) is 71.0 cm³/mol. The van der Waals surface area contributed by atoms with Crippen LogP contribution in [0.5, 0.6) is 0 Å². The number of benzene rings is 1. The molecule has 0 saturated carbocycles. The SMILES string of the molecule is COCC(C)NS(=O)(=O)c1ccc(CN)c(Cl)c1. The first-order valence-corrected chi connectivity index (χ1v) is 7.26. The second-order valence-corrected chi connectivity index (χ2v) is 6.06. The lowest BCUT2D eigenvalue weighted by Gasteiger charge is -2.13. The minimum absolute atomic E-state index is 0.118. The highest BCUT2D eigenvalue weighted by Gasteiger charge is 2.18. The van der Waals surface area contributed by atoms with Crippen molar-refractivity contribution in [2.75, 3.05) is 13.7 Å². The van der Waals surface area contributed by atoms with Crippen molar-refractivity contribution in [3.8, 4) is 0 Å². The summed E-state index contributed by atoms with van der Waals surface area (Å²) in [6, 6.07) is 4.17. The molecule has 1 atom stereocenters. The van der Waals surface area contributed by atoms with E-state index in [9.17, 15) is 8.42 Å². The fraction of sp³-hybridized carbons (Fsp3) is 0.455. The Morgan fingerprint density at radius 2 is 2.17 bits per heavy atom. The minimum atomic E-state index is -3.58. The molecule has 1 rings (SSSR count). The lowest BCUT2D eigenvalue weighted by molar-refractivity contribution is 0.180. The molecule has 0 aliphatic carbocycles. The number of sulfonamides is 1. The number of halogens is 1. The predicted octanol–water partition coefficient (Wildman–Crippen LogP) is 1.11. The molecule has 0 radical (unpaired) electrons. The molecule has 102 valence electrons. The highest BCUT2D eigenvalue weighted by Crippen LogP contribution is 2.20. The van der Waals surface area contributed by atoms with Crippen molar-refractivity contribution >= 4 is 21.6 Å². The van der Waals surface area contributed by atoms with E-state index in [1.165, 1.54) is 19.2 Å². The van der Waals surface area contributed by atoms with Gasteiger partial charge in [-0.2, -0.15) is 0 Å². The Morgan fingerprint density at radius 3 is 2.67 bits per heavy atom. The number of nitrogens with two attached hydrogens (primary N) is 1. The highest BCUT2D eigenvalue weighted by molar-refractivity contribution is 7.89. The van der Waals surface area contributed by atoms with Gasteiger partial charge in [-0.15, -0.1) is 0 Å². The van der Waals surface area contributed by atoms with Crippen molar-refractivity contribution in [3.05, 3.63) is 28.8 Å². The third-order valence-corrected chi connectivity index (χ3v) is 4.27. The van der Waals surface area contributed by atoms with E-state index >= 15 is 0 Å². The molecule has 0 heterocycles. The Morgan fingerprint density at radius 1 is 1.50 bits per heavy atom. The highest BCUT2D eigenvalue weighted by atomic mass is 35.5. The third kappa shape index (κ3) is 3.93. The molecule has 0 amide bonds. The maximum atomic E-state index is 12.0. The lowest BCUT2D eigenvalue weighted by atomic mass is 10.2. The summed E-state index contributed by atoms with van der Waals surface area (Å²) in [4.78, 5) is 0.118. The van der Waals surface area contributed by atoms with E-state index in [0.717, 1.165) is 0 Å². The quantitative estimate of drug-likeness (QED) is 0.823. The van der Waals surface area contributed by atoms with Gasteiger partial charge in [0.1, 0.15) is 0 Å². The van der Waals surface area contributed by atoms with Crippen molar-refractivity contribution in [2.45, 2.75) is 24.4 Å². The molecule has 1 unspecified atom stereocenters. The van der Waals surface area contributed by atoms with Crippen LogP contribution in [-0.2, 0) is 21.3 Å². The summed E-state index contributed by atoms with van der Waals surface area (Å²) in [5.74, 6) is 0. The second-order valence-electron chi connectivity index (χ2n) is 3.94. The summed E-state index contributed by atoms with van der Waals surface area (Å²) in [5, 5.41) is 0.347. The number of hydrogen-bond donors (Lipinski definition) is 2. The van der Waals surface area contributed by atoms with Gasteiger partial charge in [0.2, 0.25) is 10.0 Å². The van der Waals surface area contributed by atoms with E-state index in [1.54, 1.807) is 13.0 Å². The minimum Gasteiger partial charge on any atom is -0.383 e. The number of nitrogens with one attached hydrogen (secondary N) is 1. The summed E-state index contributed by atoms with van der Waals surface area (Å²) in [7, 11) is -2.07. The van der Waals surface area contributed by atoms with Crippen molar-refractivity contribution in [3.63, 3.8) is 0 Å². The Hall–Kier alpha value is -0.660. The molecule has 0 fully saturated rings. The Bertz CT molecular complexity index is 505. The normalized spacial score (nSPS) is 13.6. The zero-order chi connectivity index (χ0) is 13.8. The second kappa shape index (κ2) is 6.49. The van der Waals surface area contributed by atoms with Gasteiger partial charge >= 0.3 is 0 Å². The zero-order valence-corrected chi connectivity index (χ0v) is 11.9. The van der Waals surface area contributed by atoms with Crippen LogP contribution in [0.4, 0.5) is 0 Å². The largest absolute Gasteiger partial charge is 0.383 e. The molecular weight excluding hydrogens is 276 g/mol. The summed E-state index contributed by atoms with van der Waals surface area (Å²) in [6.45, 7) is 2.29. The van der Waals surface area contributed by atoms with Crippen molar-refractivity contribution in [1.82, 2.24) is 4.72 Å². The van der Waals surface area contributed by atoms with Gasteiger partial charge in [-0.25, -0.2) is 13.1 Å². The van der Waals surface area contributed by atoms with Crippen LogP contribution in [-0.4, -0.2) is 28.2 Å². The lowest BCUT2D eigenvalue weighted by Crippen LogP contribution is -2.35. The van der Waals surface area contributed by atoms with Gasteiger partial charge in [0.05, 0.1) is 11.5 Å². The molecule has 1 aromatic rings. The molecule has 18 heavy (non-hydrogen) atoms. The molecule has 0 bridgehead atoms. The van der Waals surface area contributed by atoms with E-state index in [1.807, 2.05) is 0 Å². The monoisotopic (exact) mass is 292 g/mol. The van der Waals surface area contributed by atoms with Crippen LogP contribution >= 0.6 is 11.6 Å². The first-order chi connectivity index (χ1) is 8.40. The van der Waals surface area contributed by atoms with Crippen LogP contribution in [0.25, 0.3) is 0 Å². The number of rotatable bonds is 6. The van der Waals surface area contributed by atoms with E-state index in [0.29, 0.717) is 17.2 Å². The van der Waals surface area contributed by atoms with Gasteiger partial charge in [-0.05, 0) is 24.6 Å². The van der Waals surface area contributed by atoms with Crippen LogP contribution < -0.4 is 10.5 Å². The number of hydrogen-bond acceptors (Lipinski definition) is 4. The molecule has 1 aromatic carbocycles. The fourth-order valence-corrected chi connectivity index (χ4v) is 3.05. The maximum absolute atomic E-state index is 12.0. The summed E-state index contributed by atoms with van der Waals surface area (Å²) in [6.07, 6.45) is 0. The van der Waals surface area contributed by atoms with Gasteiger partial charge < -0.3 is 10.5 Å². The zero-order valence-electron chi connectivity index (χ0n) is 10.3. The van der Waals surface area contributed by atoms with E-state index in [2.05, 4.69) is 4.72 Å². The standard InChI is InChI=1S/C11H17ClN2O3S/c1-8(7-17-2)14-18(15,16)10-4-3-9(6-13)11(12)5-10/h3-5,8,14H,6-7,13H2,1-2H3. The first kappa shape index (κ1) is 15.4. The van der Waals surface area contributed by atoms with Crippen LogP contribution in [0, 0.1) is 0 Å². The Labute approximate surface area is 112 Å². The Balaban J connectivity index is 2.95. The summed E-state index contributed by atoms with van der Waals surface area (Å²) >= 11 is 5.94. The fourth-order valence-electron chi connectivity index (χ4n) is 1.48. The van der Waals surface area contributed by atoms with Gasteiger partial charge in [0.15, 0.2) is 0 Å². The number of methoxy groups -OCH3 is 1. The van der Waals surface area contributed by atoms with Crippen molar-refractivity contribution < 1.29 is 13.2 Å². The van der Waals surface area contributed by atoms with Crippen molar-refractivity contribution in [2.24, 2.45) is 5.73 Å². The van der Waals surface area contributed by atoms with E-state index in [4.69, 9.17) is 22.1 Å². The van der Waals surface area contributed by atoms with Gasteiger partial charge in [0.25, 0.3) is 0 Å². The summed E-state index contributed by atoms with van der Waals surface area (Å²) < 4.78 is 31.4. The smallest absolute Gasteiger partial charge is 0.240 e. The summed E-state index contributed by atoms with van der Waals surface area (Å²) in [5.41, 5.74) is 6.17. The molecule has 0 aliphatic heterocycles. The average Bonchev–Trinajstić information content (AvgIpc) is 2.28. The topological polar surface area (TPSA) is 81.4 Å². The maximum Gasteiger partial charge on any atom is 0.240 e. The molecule has 3 N–H and O–H groups in total. The van der Waals surface area contributed by atoms with Crippen molar-refractivity contribution in [1.29, 1.82) is 0 Å². The van der Waals surface area contributed by atoms with E-state index in [-0.39, 0.29) is 17.5 Å². The Kier molecular flexibility index (Phi) is 5.55. The third-order valence-electron chi connectivity index (χ3n) is 2.33. The van der Waals surface area contributed by atoms with Crippen LogP contribution in [0.2, 0.25) is 5.02 Å². The molecule has 0 aliphatic rings. The average molecular weight is 293 g/mol. The molecule has 0 spiro atoms. The van der Waals surface area contributed by atoms with Crippen LogP contribution in [0.15, 0.2) is 23.1 Å². The molecule has 5 nitrogen and oxygen atoms in total. The van der Waals surface area contributed by atoms with E-state index < -0.39 is 10.0 Å². The van der Waals surface area contributed by atoms with Crippen LogP contribution in [0.3, 0.4) is 0 Å². The van der Waals surface area contributed by atoms with Gasteiger partial charge in [0, 0.05) is 24.7 Å². The van der Waals surface area contributed by atoms with Gasteiger partial charge in [-0.1, -0.05) is 17.7 Å². The number of ether oxygens (including phenoxy) is 1. The van der Waals surface area contributed by atoms with Gasteiger partial charge in [-0.3, -0.25) is 0 Å². The molecular formula is C11H17ClN2O3S. The molecule has 0 aromatic heterocycles. The molecule has 0 saturated heterocycles. The van der Waals surface area contributed by atoms with Crippen LogP contribution in [0.1, 0.15) is 12.5 Å².